The number of benzene rings is 3. The van der Waals surface area contributed by atoms with Crippen LogP contribution in [0, 0.1) is 62.2 Å². The van der Waals surface area contributed by atoms with Crippen molar-refractivity contribution in [2.75, 3.05) is 30.3 Å². The molecule has 0 bridgehead atoms. The van der Waals surface area contributed by atoms with Crippen LogP contribution in [0.15, 0.2) is 128 Å². The second kappa shape index (κ2) is 27.3. The Bertz CT molecular complexity index is 3720. The molecule has 7 heterocycles. The summed E-state index contributed by atoms with van der Waals surface area (Å²) in [5.74, 6) is 19.3. The van der Waals surface area contributed by atoms with E-state index in [1.54, 1.807) is 57.7 Å². The number of likely N-dealkylation sites (tertiary alicyclic amines) is 1. The van der Waals surface area contributed by atoms with E-state index >= 15 is 0 Å². The van der Waals surface area contributed by atoms with Crippen LogP contribution in [0.4, 0.5) is 0 Å². The number of halogens is 2. The zero-order chi connectivity index (χ0) is 52.0. The molecule has 9 aromatic rings. The van der Waals surface area contributed by atoms with E-state index in [2.05, 4.69) is 103 Å². The number of carbonyl (C=O) groups excluding carboxylic acids is 3. The molecule has 1 fully saturated rings. The van der Waals surface area contributed by atoms with Crippen LogP contribution in [0.1, 0.15) is 124 Å². The van der Waals surface area contributed by atoms with Crippen molar-refractivity contribution in [1.29, 1.82) is 0 Å². The van der Waals surface area contributed by atoms with Gasteiger partial charge in [-0.1, -0.05) is 88.7 Å². The van der Waals surface area contributed by atoms with Crippen LogP contribution in [0.3, 0.4) is 0 Å². The number of amides is 2. The summed E-state index contributed by atoms with van der Waals surface area (Å²) in [6, 6.07) is 28.0. The predicted molar refractivity (Wildman–Crippen MR) is 309 cm³/mol. The minimum Gasteiger partial charge on any atom is -0.352 e. The lowest BCUT2D eigenvalue weighted by atomic mass is 9.98. The van der Waals surface area contributed by atoms with Gasteiger partial charge in [0, 0.05) is 83.7 Å². The van der Waals surface area contributed by atoms with Gasteiger partial charge >= 0.3 is 0 Å². The molecule has 6 aromatic heterocycles. The number of nitrogens with zero attached hydrogens (tertiary/aromatic N) is 10. The van der Waals surface area contributed by atoms with E-state index < -0.39 is 0 Å². The van der Waals surface area contributed by atoms with Gasteiger partial charge in [0.1, 0.15) is 17.1 Å². The van der Waals surface area contributed by atoms with Crippen LogP contribution >= 0.6 is 31.9 Å². The summed E-state index contributed by atoms with van der Waals surface area (Å²) in [5, 5.41) is 17.5. The van der Waals surface area contributed by atoms with E-state index in [4.69, 9.17) is 0 Å². The maximum atomic E-state index is 13.0. The van der Waals surface area contributed by atoms with Gasteiger partial charge in [-0.25, -0.2) is 28.5 Å². The number of fused-ring (bicyclic) bond motifs is 3. The van der Waals surface area contributed by atoms with Crippen molar-refractivity contribution in [2.24, 2.45) is 5.92 Å². The quantitative estimate of drug-likeness (QED) is 0.0710. The van der Waals surface area contributed by atoms with Crippen molar-refractivity contribution in [2.45, 2.75) is 61.8 Å². The number of alkyl halides is 2. The van der Waals surface area contributed by atoms with Crippen LogP contribution in [-0.2, 0) is 0 Å². The maximum absolute atomic E-state index is 13.0. The second-order valence-electron chi connectivity index (χ2n) is 17.4. The molecule has 1 saturated heterocycles. The summed E-state index contributed by atoms with van der Waals surface area (Å²) in [5.41, 5.74) is 12.0. The number of aromatic nitrogens is 9. The average molecular weight is 1150 g/mol. The topological polar surface area (TPSA) is 157 Å². The fraction of sp³-hybridized carbons (Fsp3) is 0.250. The number of hydrogen-bond donors (Lipinski definition) is 1. The highest BCUT2D eigenvalue weighted by atomic mass is 79.9. The van der Waals surface area contributed by atoms with E-state index in [1.165, 1.54) is 6.42 Å². The Hall–Kier alpha value is -8.23. The third-order valence-corrected chi connectivity index (χ3v) is 13.5. The zero-order valence-electron chi connectivity index (χ0n) is 41.3. The SMILES string of the molecule is C.C.CC(=O)c1ccc(C)c(C#Cc2cnc3cccnn23)c1.Cc1ccc(C(=O)N2CCCC(CBr)C2)cc1C#Cc1cnc2cccnn12.Cc1ccc(C(=O)NCCCBr)cc1C#Cc1cnc2cccnn12.[2HH]. The second-order valence-corrected chi connectivity index (χ2v) is 18.9. The van der Waals surface area contributed by atoms with Crippen molar-refractivity contribution in [3.63, 3.8) is 0 Å². The number of piperidine rings is 1. The van der Waals surface area contributed by atoms with Crippen LogP contribution in [-0.4, -0.2) is 96.6 Å². The van der Waals surface area contributed by atoms with Crippen molar-refractivity contribution in [3.05, 3.63) is 195 Å². The Kier molecular flexibility index (Phi) is 20.5. The lowest BCUT2D eigenvalue weighted by Gasteiger charge is -2.32. The van der Waals surface area contributed by atoms with Gasteiger partial charge in [-0.05, 0) is 154 Å². The summed E-state index contributed by atoms with van der Waals surface area (Å²) >= 11 is 6.90. The van der Waals surface area contributed by atoms with Gasteiger partial charge < -0.3 is 10.2 Å². The Morgan fingerprint density at radius 1 is 0.618 bits per heavy atom. The first-order chi connectivity index (χ1) is 36.0. The highest BCUT2D eigenvalue weighted by molar-refractivity contribution is 9.09. The predicted octanol–water partition coefficient (Wildman–Crippen LogP) is 10.8. The smallest absolute Gasteiger partial charge is 0.253 e. The van der Waals surface area contributed by atoms with Crippen LogP contribution in [0.5, 0.6) is 0 Å². The Labute approximate surface area is 462 Å². The number of hydrogen-bond acceptors (Lipinski definition) is 9. The molecule has 0 aliphatic carbocycles. The molecule has 76 heavy (non-hydrogen) atoms. The largest absolute Gasteiger partial charge is 0.352 e. The zero-order valence-corrected chi connectivity index (χ0v) is 44.5. The summed E-state index contributed by atoms with van der Waals surface area (Å²) in [4.78, 5) is 51.4. The monoisotopic (exact) mass is 1140 g/mol. The standard InChI is InChI=1S/C22H21BrN4O.C19H17BrN4O.C17H13N3O.2CH4.H2/c1-16-6-7-19(22(28)26-11-3-4-17(13-23)15-26)12-18(16)8-9-20-14-24-21-5-2-10-25-27(20)21;1-14-5-6-16(19(25)21-10-3-9-20)12-15(14)7-8-17-13-22-18-4-2-11-23-24(17)18;1-12-5-6-15(13(2)21)10-14(12)7-8-16-11-18-17-4-3-9-19-20(16)17;;;/h2,5-7,10,12,14,17H,3-4,11,13,15H2,1H3;2,4-6,11-13H,3,9-10H2,1H3,(H,21,25);3-6,9-11H,1-2H3;2*1H4;1H/i;;;;;1+1. The molecular weight excluding hydrogens is 1080 g/mol. The molecule has 3 aromatic carbocycles. The highest BCUT2D eigenvalue weighted by Gasteiger charge is 2.24. The molecule has 10 rings (SSSR count). The van der Waals surface area contributed by atoms with Crippen LogP contribution in [0.25, 0.3) is 16.9 Å². The molecular formula is C60H61Br2N11O3. The molecule has 1 aliphatic heterocycles. The van der Waals surface area contributed by atoms with Gasteiger partial charge in [-0.15, -0.1) is 0 Å². The summed E-state index contributed by atoms with van der Waals surface area (Å²) in [7, 11) is 0. The molecule has 388 valence electrons. The van der Waals surface area contributed by atoms with Gasteiger partial charge in [0.2, 0.25) is 0 Å². The van der Waals surface area contributed by atoms with Gasteiger partial charge in [-0.3, -0.25) is 14.4 Å². The minimum absolute atomic E-state index is 0. The fourth-order valence-corrected chi connectivity index (χ4v) is 8.64. The number of imidazole rings is 3. The molecule has 2 amide bonds. The van der Waals surface area contributed by atoms with Gasteiger partial charge in [-0.2, -0.15) is 15.3 Å². The van der Waals surface area contributed by atoms with Crippen molar-refractivity contribution < 1.29 is 15.8 Å². The normalized spacial score (nSPS) is 12.3. The minimum atomic E-state index is -0.0829. The number of aryl methyl sites for hydroxylation is 3. The summed E-state index contributed by atoms with van der Waals surface area (Å²) in [6.07, 6.45) is 13.3. The lowest BCUT2D eigenvalue weighted by molar-refractivity contribution is 0.0685. The Morgan fingerprint density at radius 3 is 1.50 bits per heavy atom. The van der Waals surface area contributed by atoms with E-state index in [0.717, 1.165) is 98.3 Å². The first-order valence-electron chi connectivity index (χ1n) is 23.9. The van der Waals surface area contributed by atoms with E-state index in [-0.39, 0.29) is 33.9 Å². The molecule has 1 atom stereocenters. The first-order valence-corrected chi connectivity index (χ1v) is 26.2. The fourth-order valence-electron chi connectivity index (χ4n) is 7.83. The van der Waals surface area contributed by atoms with E-state index in [1.807, 2.05) is 117 Å². The van der Waals surface area contributed by atoms with Crippen LogP contribution in [0.2, 0.25) is 0 Å². The third kappa shape index (κ3) is 14.3. The van der Waals surface area contributed by atoms with Crippen molar-refractivity contribution >= 4 is 66.4 Å². The Morgan fingerprint density at radius 2 is 1.05 bits per heavy atom. The molecule has 1 unspecified atom stereocenters. The molecule has 1 aliphatic rings. The van der Waals surface area contributed by atoms with Crippen LogP contribution < -0.4 is 5.32 Å². The van der Waals surface area contributed by atoms with Gasteiger partial charge in [0.25, 0.3) is 11.8 Å². The number of carbonyl (C=O) groups is 3. The molecule has 0 spiro atoms. The Balaban J connectivity index is 0.000000211. The van der Waals surface area contributed by atoms with E-state index in [0.29, 0.717) is 34.8 Å². The molecule has 1 N–H and O–H groups in total. The molecule has 0 radical (unpaired) electrons. The first kappa shape index (κ1) is 57.1. The summed E-state index contributed by atoms with van der Waals surface area (Å²) in [6.45, 7) is 9.79. The molecule has 14 nitrogen and oxygen atoms in total. The number of Topliss-reactive ketones (excluding diaryl/α,β-unsaturated/α-hetero) is 1. The maximum Gasteiger partial charge on any atom is 0.253 e. The van der Waals surface area contributed by atoms with E-state index in [9.17, 15) is 14.4 Å². The summed E-state index contributed by atoms with van der Waals surface area (Å²) < 4.78 is 5.10. The number of ketones is 1. The third-order valence-electron chi connectivity index (χ3n) is 12.1. The lowest BCUT2D eigenvalue weighted by Crippen LogP contribution is -2.40. The molecule has 16 heteroatoms. The van der Waals surface area contributed by atoms with Crippen molar-refractivity contribution in [1.82, 2.24) is 54.0 Å². The highest BCUT2D eigenvalue weighted by Crippen LogP contribution is 2.22. The number of rotatable bonds is 7. The average Bonchev–Trinajstić information content (AvgIpc) is 4.17. The van der Waals surface area contributed by atoms with Crippen molar-refractivity contribution in [3.8, 4) is 35.5 Å². The van der Waals surface area contributed by atoms with Gasteiger partial charge in [0.15, 0.2) is 22.7 Å². The van der Waals surface area contributed by atoms with Gasteiger partial charge in [0.05, 0.1) is 18.6 Å². The molecule has 0 saturated carbocycles. The number of nitrogens with one attached hydrogen (secondary N) is 1.